The maximum atomic E-state index is 10.7. The number of benzene rings is 1. The largest absolute Gasteiger partial charge is 0.491 e. The highest BCUT2D eigenvalue weighted by atomic mass is 32.1. The van der Waals surface area contributed by atoms with E-state index in [2.05, 4.69) is 4.98 Å². The van der Waals surface area contributed by atoms with E-state index in [1.54, 1.807) is 6.08 Å². The number of carbonyl (C=O) groups is 1. The number of carboxylic acids is 1. The summed E-state index contributed by atoms with van der Waals surface area (Å²) in [5.74, 6) is -0.114. The summed E-state index contributed by atoms with van der Waals surface area (Å²) in [6, 6.07) is 7.70. The minimum absolute atomic E-state index is 0.154. The van der Waals surface area contributed by atoms with Crippen LogP contribution in [-0.2, 0) is 0 Å². The molecule has 2 aromatic rings. The highest BCUT2D eigenvalue weighted by molar-refractivity contribution is 7.14. The van der Waals surface area contributed by atoms with Crippen molar-refractivity contribution >= 4 is 29.5 Å². The quantitative estimate of drug-likeness (QED) is 0.909. The fraction of sp³-hybridized carbons (Fsp3) is 0.200. The molecule has 0 bridgehead atoms. The molecule has 0 aliphatic heterocycles. The third-order valence-electron chi connectivity index (χ3n) is 2.40. The van der Waals surface area contributed by atoms with Gasteiger partial charge in [0.1, 0.15) is 15.6 Å². The van der Waals surface area contributed by atoms with Crippen molar-refractivity contribution in [2.75, 3.05) is 0 Å². The zero-order valence-corrected chi connectivity index (χ0v) is 12.1. The second-order valence-electron chi connectivity index (χ2n) is 4.44. The molecule has 2 rings (SSSR count). The van der Waals surface area contributed by atoms with Gasteiger partial charge in [-0.2, -0.15) is 0 Å². The molecule has 1 aromatic carbocycles. The van der Waals surface area contributed by atoms with E-state index in [1.165, 1.54) is 6.20 Å². The van der Waals surface area contributed by atoms with Crippen LogP contribution in [0.4, 0.5) is 0 Å². The average Bonchev–Trinajstić information content (AvgIpc) is 2.86. The molecule has 0 amide bonds. The van der Waals surface area contributed by atoms with E-state index in [9.17, 15) is 4.79 Å². The molecule has 1 heterocycles. The van der Waals surface area contributed by atoms with Gasteiger partial charge < -0.3 is 9.84 Å². The van der Waals surface area contributed by atoms with Gasteiger partial charge in [0, 0.05) is 0 Å². The van der Waals surface area contributed by atoms with Gasteiger partial charge in [0.05, 0.1) is 12.3 Å². The number of aromatic nitrogens is 1. The molecule has 0 saturated carbocycles. The number of nitrogens with zero attached hydrogens (tertiary/aromatic N) is 1. The number of rotatable bonds is 5. The molecule has 5 heteroatoms. The van der Waals surface area contributed by atoms with Crippen LogP contribution in [0.15, 0.2) is 30.5 Å². The lowest BCUT2D eigenvalue weighted by atomic mass is 10.2. The van der Waals surface area contributed by atoms with Gasteiger partial charge in [0.15, 0.2) is 0 Å². The number of thiazole rings is 1. The van der Waals surface area contributed by atoms with Crippen molar-refractivity contribution in [3.63, 3.8) is 0 Å². The topological polar surface area (TPSA) is 59.4 Å². The Balaban J connectivity index is 2.05. The smallest absolute Gasteiger partial charge is 0.347 e. The van der Waals surface area contributed by atoms with E-state index in [0.29, 0.717) is 5.01 Å². The second-order valence-corrected chi connectivity index (χ2v) is 5.50. The Hall–Kier alpha value is -2.14. The van der Waals surface area contributed by atoms with Gasteiger partial charge in [-0.05, 0) is 37.6 Å². The van der Waals surface area contributed by atoms with Gasteiger partial charge in [0.2, 0.25) is 0 Å². The predicted octanol–water partition coefficient (Wildman–Crippen LogP) is 3.80. The van der Waals surface area contributed by atoms with Crippen LogP contribution in [0.2, 0.25) is 0 Å². The number of hydrogen-bond acceptors (Lipinski definition) is 4. The summed E-state index contributed by atoms with van der Waals surface area (Å²) < 4.78 is 5.56. The first kappa shape index (κ1) is 14.3. The highest BCUT2D eigenvalue weighted by Crippen LogP contribution is 2.18. The van der Waals surface area contributed by atoms with Gasteiger partial charge in [-0.1, -0.05) is 18.2 Å². The second kappa shape index (κ2) is 6.34. The van der Waals surface area contributed by atoms with E-state index in [4.69, 9.17) is 9.84 Å². The van der Waals surface area contributed by atoms with Gasteiger partial charge in [-0.15, -0.1) is 11.3 Å². The van der Waals surface area contributed by atoms with Crippen LogP contribution in [0, 0.1) is 0 Å². The minimum atomic E-state index is -0.947. The molecule has 20 heavy (non-hydrogen) atoms. The standard InChI is InChI=1S/C15H15NO3S/c1-10(2)19-12-6-3-11(4-7-12)5-8-14-16-9-13(20-14)15(17)18/h3-10H,1-2H3,(H,17,18)/b8-5+. The van der Waals surface area contributed by atoms with Crippen molar-refractivity contribution in [1.82, 2.24) is 4.98 Å². The molecule has 104 valence electrons. The molecule has 4 nitrogen and oxygen atoms in total. The first-order valence-corrected chi connectivity index (χ1v) is 7.00. The van der Waals surface area contributed by atoms with E-state index < -0.39 is 5.97 Å². The Labute approximate surface area is 121 Å². The SMILES string of the molecule is CC(C)Oc1ccc(/C=C/c2ncc(C(=O)O)s2)cc1. The third-order valence-corrected chi connectivity index (χ3v) is 3.36. The molecule has 0 radical (unpaired) electrons. The number of hydrogen-bond donors (Lipinski definition) is 1. The predicted molar refractivity (Wildman–Crippen MR) is 80.2 cm³/mol. The normalized spacial score (nSPS) is 11.2. The molecule has 0 aliphatic rings. The van der Waals surface area contributed by atoms with Crippen LogP contribution in [-0.4, -0.2) is 22.2 Å². The molecule has 0 atom stereocenters. The Kier molecular flexibility index (Phi) is 4.53. The van der Waals surface area contributed by atoms with Gasteiger partial charge in [0.25, 0.3) is 0 Å². The van der Waals surface area contributed by atoms with Crippen LogP contribution >= 0.6 is 11.3 Å². The van der Waals surface area contributed by atoms with Crippen molar-refractivity contribution in [2.45, 2.75) is 20.0 Å². The summed E-state index contributed by atoms with van der Waals surface area (Å²) in [6.45, 7) is 3.96. The van der Waals surface area contributed by atoms with Gasteiger partial charge >= 0.3 is 5.97 Å². The number of ether oxygens (including phenoxy) is 1. The lowest BCUT2D eigenvalue weighted by molar-refractivity contribution is 0.0702. The van der Waals surface area contributed by atoms with Crippen LogP contribution < -0.4 is 4.74 Å². The Morgan fingerprint density at radius 3 is 2.55 bits per heavy atom. The molecule has 0 spiro atoms. The Bertz CT molecular complexity index is 614. The van der Waals surface area contributed by atoms with Crippen molar-refractivity contribution in [3.8, 4) is 5.75 Å². The summed E-state index contributed by atoms with van der Waals surface area (Å²) in [6.07, 6.45) is 5.21. The molecule has 0 saturated heterocycles. The third kappa shape index (κ3) is 3.93. The molecule has 0 aliphatic carbocycles. The van der Waals surface area contributed by atoms with Crippen LogP contribution in [0.5, 0.6) is 5.75 Å². The summed E-state index contributed by atoms with van der Waals surface area (Å²) in [5, 5.41) is 9.49. The zero-order chi connectivity index (χ0) is 14.5. The molecule has 0 fully saturated rings. The summed E-state index contributed by atoms with van der Waals surface area (Å²) in [4.78, 5) is 15.0. The summed E-state index contributed by atoms with van der Waals surface area (Å²) >= 11 is 1.15. The maximum Gasteiger partial charge on any atom is 0.347 e. The van der Waals surface area contributed by atoms with Crippen molar-refractivity contribution in [1.29, 1.82) is 0 Å². The zero-order valence-electron chi connectivity index (χ0n) is 11.2. The van der Waals surface area contributed by atoms with Crippen LogP contribution in [0.3, 0.4) is 0 Å². The maximum absolute atomic E-state index is 10.7. The fourth-order valence-corrected chi connectivity index (χ4v) is 2.22. The van der Waals surface area contributed by atoms with E-state index in [0.717, 1.165) is 22.6 Å². The van der Waals surface area contributed by atoms with E-state index >= 15 is 0 Å². The summed E-state index contributed by atoms with van der Waals surface area (Å²) in [5.41, 5.74) is 1.01. The molecule has 1 N–H and O–H groups in total. The summed E-state index contributed by atoms with van der Waals surface area (Å²) in [7, 11) is 0. The van der Waals surface area contributed by atoms with Crippen molar-refractivity contribution in [3.05, 3.63) is 45.9 Å². The highest BCUT2D eigenvalue weighted by Gasteiger charge is 2.06. The lowest BCUT2D eigenvalue weighted by Crippen LogP contribution is -2.05. The monoisotopic (exact) mass is 289 g/mol. The van der Waals surface area contributed by atoms with E-state index in [1.807, 2.05) is 44.2 Å². The molecule has 1 aromatic heterocycles. The fourth-order valence-electron chi connectivity index (χ4n) is 1.56. The first-order valence-electron chi connectivity index (χ1n) is 6.18. The Morgan fingerprint density at radius 2 is 2.00 bits per heavy atom. The van der Waals surface area contributed by atoms with E-state index in [-0.39, 0.29) is 11.0 Å². The molecular formula is C15H15NO3S. The lowest BCUT2D eigenvalue weighted by Gasteiger charge is -2.09. The van der Waals surface area contributed by atoms with Gasteiger partial charge in [-0.25, -0.2) is 9.78 Å². The van der Waals surface area contributed by atoms with Crippen molar-refractivity contribution < 1.29 is 14.6 Å². The van der Waals surface area contributed by atoms with Crippen LogP contribution in [0.1, 0.15) is 34.1 Å². The first-order chi connectivity index (χ1) is 9.54. The molecule has 0 unspecified atom stereocenters. The molecular weight excluding hydrogens is 274 g/mol. The number of carboxylic acid groups (broad SMARTS) is 1. The number of aromatic carboxylic acids is 1. The van der Waals surface area contributed by atoms with Crippen molar-refractivity contribution in [2.24, 2.45) is 0 Å². The van der Waals surface area contributed by atoms with Crippen LogP contribution in [0.25, 0.3) is 12.2 Å². The van der Waals surface area contributed by atoms with Gasteiger partial charge in [-0.3, -0.25) is 0 Å². The average molecular weight is 289 g/mol. The Morgan fingerprint density at radius 1 is 1.30 bits per heavy atom. The minimum Gasteiger partial charge on any atom is -0.491 e.